The van der Waals surface area contributed by atoms with Crippen LogP contribution in [0, 0.1) is 0 Å². The van der Waals surface area contributed by atoms with Gasteiger partial charge in [0.1, 0.15) is 0 Å². The van der Waals surface area contributed by atoms with Gasteiger partial charge in [-0.2, -0.15) is 0 Å². The minimum atomic E-state index is -0.933. The molecule has 0 atom stereocenters. The van der Waals surface area contributed by atoms with Crippen molar-refractivity contribution in [3.63, 3.8) is 0 Å². The van der Waals surface area contributed by atoms with Crippen LogP contribution in [0.15, 0.2) is 0 Å². The summed E-state index contributed by atoms with van der Waals surface area (Å²) in [6.45, 7) is 0. The third-order valence-corrected chi connectivity index (χ3v) is 3.76. The molecule has 9 heavy (non-hydrogen) atoms. The van der Waals surface area contributed by atoms with Crippen molar-refractivity contribution in [1.29, 1.82) is 0 Å². The fraction of sp³-hybridized carbons (Fsp3) is 0.750. The molecule has 0 aromatic heterocycles. The van der Waals surface area contributed by atoms with Crippen molar-refractivity contribution in [3.8, 4) is 0 Å². The molecule has 0 N–H and O–H groups in total. The van der Waals surface area contributed by atoms with Crippen molar-refractivity contribution in [1.82, 2.24) is 0 Å². The molecule has 5 heteroatoms. The average molecular weight is 172 g/mol. The van der Waals surface area contributed by atoms with Gasteiger partial charge in [0, 0.05) is 11.5 Å². The second-order valence-corrected chi connectivity index (χ2v) is 4.12. The molecule has 0 amide bonds. The second-order valence-electron chi connectivity index (χ2n) is 1.39. The topological polar surface area (TPSA) is 40.1 Å². The van der Waals surface area contributed by atoms with E-state index in [0.717, 1.165) is 11.5 Å². The first kappa shape index (κ1) is 10.2. The quantitative estimate of drug-likeness (QED) is 0.386. The van der Waals surface area contributed by atoms with E-state index < -0.39 is 5.97 Å². The first-order valence-electron chi connectivity index (χ1n) is 2.25. The van der Waals surface area contributed by atoms with Gasteiger partial charge in [-0.25, -0.2) is 0 Å². The van der Waals surface area contributed by atoms with Crippen LogP contribution >= 0.6 is 23.5 Å². The Hall–Kier alpha value is 1.17. The molecule has 2 nitrogen and oxygen atoms in total. The van der Waals surface area contributed by atoms with E-state index in [-0.39, 0.29) is 34.1 Å². The van der Waals surface area contributed by atoms with Crippen LogP contribution in [0.1, 0.15) is 0 Å². The van der Waals surface area contributed by atoms with Crippen molar-refractivity contribution < 1.29 is 39.5 Å². The first-order chi connectivity index (χ1) is 3.80. The molecule has 1 fully saturated rings. The van der Waals surface area contributed by atoms with Gasteiger partial charge in [-0.3, -0.25) is 0 Å². The van der Waals surface area contributed by atoms with Gasteiger partial charge in [0.05, 0.1) is 10.6 Å². The van der Waals surface area contributed by atoms with E-state index in [4.69, 9.17) is 0 Å². The Morgan fingerprint density at radius 2 is 1.89 bits per heavy atom. The number of carbonyl (C=O) groups excluding carboxylic acids is 1. The Kier molecular flexibility index (Phi) is 5.54. The fourth-order valence-electron chi connectivity index (χ4n) is 0.494. The molecule has 1 aliphatic rings. The maximum Gasteiger partial charge on any atom is 1.00 e. The Bertz CT molecular complexity index is 103. The predicted octanol–water partition coefficient (Wildman–Crippen LogP) is -3.45. The van der Waals surface area contributed by atoms with Gasteiger partial charge in [-0.05, 0) is 0 Å². The minimum absolute atomic E-state index is 0. The number of carbonyl (C=O) groups is 1. The number of hydrogen-bond donors (Lipinski definition) is 0. The van der Waals surface area contributed by atoms with E-state index in [2.05, 4.69) is 0 Å². The van der Waals surface area contributed by atoms with Gasteiger partial charge < -0.3 is 9.90 Å². The Morgan fingerprint density at radius 1 is 1.44 bits per heavy atom. The molecule has 0 aromatic carbocycles. The van der Waals surface area contributed by atoms with E-state index in [0.29, 0.717) is 0 Å². The van der Waals surface area contributed by atoms with Gasteiger partial charge in [0.25, 0.3) is 0 Å². The molecule has 0 bridgehead atoms. The van der Waals surface area contributed by atoms with Crippen molar-refractivity contribution in [2.75, 3.05) is 11.5 Å². The molecule has 1 saturated heterocycles. The zero-order valence-electron chi connectivity index (χ0n) is 5.12. The zero-order valence-corrected chi connectivity index (χ0v) is 8.76. The Labute approximate surface area is 84.4 Å². The van der Waals surface area contributed by atoms with Crippen molar-refractivity contribution in [2.45, 2.75) is 4.58 Å². The van der Waals surface area contributed by atoms with Gasteiger partial charge in [0.2, 0.25) is 0 Å². The molecule has 0 aromatic rings. The molecule has 46 valence electrons. The summed E-state index contributed by atoms with van der Waals surface area (Å²) in [6.07, 6.45) is 0. The standard InChI is InChI=1S/C4H6O2S2.Na/c5-3(6)4-7-1-2-8-4;/h4H,1-2H2,(H,5,6);/q;+1/p-1. The van der Waals surface area contributed by atoms with Crippen molar-refractivity contribution in [2.24, 2.45) is 0 Å². The third-order valence-electron chi connectivity index (χ3n) is 0.814. The number of thioether (sulfide) groups is 2. The molecule has 0 unspecified atom stereocenters. The smallest absolute Gasteiger partial charge is 0.548 e. The number of aliphatic carboxylic acids is 1. The van der Waals surface area contributed by atoms with E-state index in [9.17, 15) is 9.90 Å². The number of carboxylic acid groups (broad SMARTS) is 1. The molecule has 0 spiro atoms. The number of hydrogen-bond acceptors (Lipinski definition) is 4. The van der Waals surface area contributed by atoms with Crippen LogP contribution < -0.4 is 34.7 Å². The summed E-state index contributed by atoms with van der Waals surface area (Å²) in [6, 6.07) is 0. The molecule has 1 heterocycles. The number of rotatable bonds is 1. The largest absolute Gasteiger partial charge is 1.00 e. The van der Waals surface area contributed by atoms with Gasteiger partial charge in [-0.15, -0.1) is 23.5 Å². The van der Waals surface area contributed by atoms with Crippen molar-refractivity contribution >= 4 is 29.5 Å². The van der Waals surface area contributed by atoms with E-state index in [1.165, 1.54) is 23.5 Å². The summed E-state index contributed by atoms with van der Waals surface area (Å²) in [7, 11) is 0. The minimum Gasteiger partial charge on any atom is -0.548 e. The average Bonchev–Trinajstić information content (AvgIpc) is 2.12. The van der Waals surface area contributed by atoms with Crippen LogP contribution in [0.2, 0.25) is 0 Å². The monoisotopic (exact) mass is 172 g/mol. The predicted molar refractivity (Wildman–Crippen MR) is 33.7 cm³/mol. The Morgan fingerprint density at radius 3 is 2.11 bits per heavy atom. The summed E-state index contributed by atoms with van der Waals surface area (Å²) in [5.74, 6) is 0.963. The molecule has 0 aliphatic carbocycles. The molecule has 0 radical (unpaired) electrons. The molecular weight excluding hydrogens is 167 g/mol. The second kappa shape index (κ2) is 4.91. The summed E-state index contributed by atoms with van der Waals surface area (Å²) in [5, 5.41) is 10.0. The van der Waals surface area contributed by atoms with Crippen LogP contribution in [0.5, 0.6) is 0 Å². The maximum absolute atomic E-state index is 10.0. The zero-order chi connectivity index (χ0) is 5.98. The summed E-state index contributed by atoms with van der Waals surface area (Å²) < 4.78 is -0.296. The van der Waals surface area contributed by atoms with E-state index in [1.807, 2.05) is 0 Å². The van der Waals surface area contributed by atoms with Gasteiger partial charge in [-0.1, -0.05) is 0 Å². The SMILES string of the molecule is O=C([O-])C1SCCS1.[Na+]. The van der Waals surface area contributed by atoms with Gasteiger partial charge >= 0.3 is 29.6 Å². The van der Waals surface area contributed by atoms with Crippen LogP contribution in [-0.4, -0.2) is 22.1 Å². The van der Waals surface area contributed by atoms with E-state index in [1.54, 1.807) is 0 Å². The maximum atomic E-state index is 10.0. The molecule has 0 saturated carbocycles. The van der Waals surface area contributed by atoms with Crippen LogP contribution in [0.3, 0.4) is 0 Å². The summed E-state index contributed by atoms with van der Waals surface area (Å²) in [4.78, 5) is 10.0. The van der Waals surface area contributed by atoms with Crippen LogP contribution in [0.25, 0.3) is 0 Å². The Balaban J connectivity index is 0.000000640. The van der Waals surface area contributed by atoms with Crippen LogP contribution in [0.4, 0.5) is 0 Å². The third kappa shape index (κ3) is 3.18. The van der Waals surface area contributed by atoms with Gasteiger partial charge in [0.15, 0.2) is 0 Å². The van der Waals surface area contributed by atoms with E-state index >= 15 is 0 Å². The van der Waals surface area contributed by atoms with Crippen LogP contribution in [-0.2, 0) is 4.79 Å². The van der Waals surface area contributed by atoms with Crippen molar-refractivity contribution in [3.05, 3.63) is 0 Å². The fourth-order valence-corrected chi connectivity index (χ4v) is 2.93. The molecule has 1 rings (SSSR count). The molecular formula is C4H5NaO2S2. The number of carboxylic acids is 1. The molecule has 1 aliphatic heterocycles. The summed E-state index contributed by atoms with van der Waals surface area (Å²) >= 11 is 2.90. The first-order valence-corrected chi connectivity index (χ1v) is 4.34. The summed E-state index contributed by atoms with van der Waals surface area (Å²) in [5.41, 5.74) is 0. The normalized spacial score (nSPS) is 19.1.